The Hall–Kier alpha value is -2.71. The van der Waals surface area contributed by atoms with Crippen LogP contribution in [0.25, 0.3) is 0 Å². The molecule has 9 heteroatoms. The molecule has 2 aliphatic carbocycles. The van der Waals surface area contributed by atoms with Crippen molar-refractivity contribution in [3.63, 3.8) is 0 Å². The van der Waals surface area contributed by atoms with Crippen molar-refractivity contribution in [1.82, 2.24) is 15.5 Å². The van der Waals surface area contributed by atoms with Gasteiger partial charge in [-0.15, -0.1) is 0 Å². The van der Waals surface area contributed by atoms with Crippen molar-refractivity contribution < 1.29 is 27.9 Å². The smallest absolute Gasteiger partial charge is 0.387 e. The van der Waals surface area contributed by atoms with E-state index in [1.807, 2.05) is 6.92 Å². The topological polar surface area (TPSA) is 87.7 Å². The van der Waals surface area contributed by atoms with E-state index in [4.69, 9.17) is 0 Å². The van der Waals surface area contributed by atoms with Gasteiger partial charge in [0.25, 0.3) is 5.91 Å². The molecule has 168 valence electrons. The molecule has 2 bridgehead atoms. The van der Waals surface area contributed by atoms with Crippen LogP contribution in [0, 0.1) is 17.8 Å². The normalized spacial score (nSPS) is 30.6. The van der Waals surface area contributed by atoms with E-state index in [9.17, 15) is 23.2 Å². The molecule has 0 unspecified atom stereocenters. The summed E-state index contributed by atoms with van der Waals surface area (Å²) in [4.78, 5) is 38.9. The Morgan fingerprint density at radius 1 is 1.26 bits per heavy atom. The average molecular weight is 435 g/mol. The minimum absolute atomic E-state index is 0.00247. The van der Waals surface area contributed by atoms with Crippen LogP contribution in [0.3, 0.4) is 0 Å². The molecule has 1 aliphatic heterocycles. The summed E-state index contributed by atoms with van der Waals surface area (Å²) in [6.45, 7) is 0.191. The molecule has 7 nitrogen and oxygen atoms in total. The van der Waals surface area contributed by atoms with Crippen molar-refractivity contribution in [3.8, 4) is 5.75 Å². The number of fused-ring (bicyclic) bond motifs is 2. The van der Waals surface area contributed by atoms with Crippen LogP contribution in [-0.4, -0.2) is 41.9 Å². The van der Waals surface area contributed by atoms with Gasteiger partial charge in [0.2, 0.25) is 5.91 Å². The highest BCUT2D eigenvalue weighted by atomic mass is 19.3. The minimum Gasteiger partial charge on any atom is -0.435 e. The monoisotopic (exact) mass is 435 g/mol. The summed E-state index contributed by atoms with van der Waals surface area (Å²) < 4.78 is 29.0. The first kappa shape index (κ1) is 21.5. The molecule has 0 radical (unpaired) electrons. The first-order valence-corrected chi connectivity index (χ1v) is 10.7. The number of halogens is 2. The number of hydrogen-bond acceptors (Lipinski definition) is 4. The molecule has 5 atom stereocenters. The van der Waals surface area contributed by atoms with Crippen LogP contribution in [0.5, 0.6) is 5.75 Å². The lowest BCUT2D eigenvalue weighted by molar-refractivity contribution is -0.135. The zero-order valence-electron chi connectivity index (χ0n) is 17.6. The predicted molar refractivity (Wildman–Crippen MR) is 107 cm³/mol. The molecule has 1 heterocycles. The second kappa shape index (κ2) is 8.09. The molecular weight excluding hydrogens is 408 g/mol. The van der Waals surface area contributed by atoms with Crippen molar-refractivity contribution in [2.75, 3.05) is 6.54 Å². The quantitative estimate of drug-likeness (QED) is 0.645. The van der Waals surface area contributed by atoms with Crippen LogP contribution in [0.1, 0.15) is 45.1 Å². The lowest BCUT2D eigenvalue weighted by Gasteiger charge is -2.29. The number of carbonyl (C=O) groups is 3. The maximum absolute atomic E-state index is 13.0. The molecule has 2 N–H and O–H groups in total. The van der Waals surface area contributed by atoms with Crippen molar-refractivity contribution >= 4 is 17.8 Å². The number of carbonyl (C=O) groups excluding carboxylic acids is 3. The van der Waals surface area contributed by atoms with Gasteiger partial charge in [-0.05, 0) is 68.6 Å². The molecule has 31 heavy (non-hydrogen) atoms. The molecule has 1 aromatic carbocycles. The molecule has 1 saturated heterocycles. The number of nitrogens with one attached hydrogen (secondary N) is 2. The number of imide groups is 1. The van der Waals surface area contributed by atoms with E-state index >= 15 is 0 Å². The Bertz CT molecular complexity index is 878. The Morgan fingerprint density at radius 3 is 2.55 bits per heavy atom. The highest BCUT2D eigenvalue weighted by Gasteiger charge is 2.50. The highest BCUT2D eigenvalue weighted by molar-refractivity contribution is 6.09. The van der Waals surface area contributed by atoms with Gasteiger partial charge in [0, 0.05) is 6.04 Å². The number of urea groups is 1. The Morgan fingerprint density at radius 2 is 1.97 bits per heavy atom. The number of hydrogen-bond donors (Lipinski definition) is 2. The summed E-state index contributed by atoms with van der Waals surface area (Å²) in [5, 5.41) is 5.58. The number of nitrogens with zero attached hydrogens (tertiary/aromatic N) is 1. The maximum atomic E-state index is 13.0. The summed E-state index contributed by atoms with van der Waals surface area (Å²) in [6, 6.07) is 4.82. The van der Waals surface area contributed by atoms with Crippen LogP contribution in [0.15, 0.2) is 24.3 Å². The van der Waals surface area contributed by atoms with Crippen LogP contribution in [-0.2, 0) is 15.1 Å². The van der Waals surface area contributed by atoms with Crippen molar-refractivity contribution in [2.24, 2.45) is 17.8 Å². The van der Waals surface area contributed by atoms with E-state index in [0.29, 0.717) is 17.4 Å². The van der Waals surface area contributed by atoms with Crippen LogP contribution < -0.4 is 15.4 Å². The Kier molecular flexibility index (Phi) is 5.61. The minimum atomic E-state index is -2.95. The van der Waals surface area contributed by atoms with Gasteiger partial charge in [-0.3, -0.25) is 14.5 Å². The van der Waals surface area contributed by atoms with Crippen molar-refractivity contribution in [2.45, 2.75) is 57.7 Å². The molecule has 2 saturated carbocycles. The van der Waals surface area contributed by atoms with Gasteiger partial charge in [-0.25, -0.2) is 4.79 Å². The molecule has 3 aliphatic rings. The predicted octanol–water partition coefficient (Wildman–Crippen LogP) is 3.00. The van der Waals surface area contributed by atoms with Crippen molar-refractivity contribution in [1.29, 1.82) is 0 Å². The van der Waals surface area contributed by atoms with Crippen LogP contribution >= 0.6 is 0 Å². The highest BCUT2D eigenvalue weighted by Crippen LogP contribution is 2.49. The summed E-state index contributed by atoms with van der Waals surface area (Å²) >= 11 is 0. The Balaban J connectivity index is 1.39. The third kappa shape index (κ3) is 4.09. The zero-order chi connectivity index (χ0) is 22.3. The van der Waals surface area contributed by atoms with E-state index in [-0.39, 0.29) is 24.2 Å². The third-order valence-electron chi connectivity index (χ3n) is 7.06. The van der Waals surface area contributed by atoms with E-state index in [2.05, 4.69) is 15.4 Å². The van der Waals surface area contributed by atoms with Gasteiger partial charge in [0.05, 0.1) is 0 Å². The summed E-state index contributed by atoms with van der Waals surface area (Å²) in [6.07, 6.45) is 4.84. The molecule has 4 amide bonds. The van der Waals surface area contributed by atoms with Gasteiger partial charge in [0.1, 0.15) is 17.8 Å². The molecule has 0 spiro atoms. The fourth-order valence-electron chi connectivity index (χ4n) is 5.46. The fourth-order valence-corrected chi connectivity index (χ4v) is 5.46. The summed E-state index contributed by atoms with van der Waals surface area (Å²) in [5.74, 6) is 0.872. The number of amides is 4. The fraction of sp³-hybridized carbons (Fsp3) is 0.591. The summed E-state index contributed by atoms with van der Waals surface area (Å²) in [5.41, 5.74) is -0.984. The van der Waals surface area contributed by atoms with Crippen molar-refractivity contribution in [3.05, 3.63) is 29.8 Å². The zero-order valence-corrected chi connectivity index (χ0v) is 17.6. The van der Waals surface area contributed by atoms with Gasteiger partial charge >= 0.3 is 12.6 Å². The number of ether oxygens (including phenoxy) is 1. The maximum Gasteiger partial charge on any atom is 0.387 e. The molecule has 4 rings (SSSR count). The lowest BCUT2D eigenvalue weighted by atomic mass is 9.84. The number of benzene rings is 1. The third-order valence-corrected chi connectivity index (χ3v) is 7.06. The number of alkyl halides is 2. The first-order valence-electron chi connectivity index (χ1n) is 10.7. The molecule has 3 fully saturated rings. The Labute approximate surface area is 179 Å². The average Bonchev–Trinajstić information content (AvgIpc) is 3.39. The first-order chi connectivity index (χ1) is 14.7. The van der Waals surface area contributed by atoms with Crippen LogP contribution in [0.2, 0.25) is 0 Å². The molecule has 1 aromatic rings. The van der Waals surface area contributed by atoms with E-state index in [0.717, 1.165) is 17.2 Å². The van der Waals surface area contributed by atoms with Crippen LogP contribution in [0.4, 0.5) is 13.6 Å². The SMILES string of the molecule is C[C@H](NC(=O)CN1C(=O)N[C@](C)(c2ccc(OC(F)F)cc2)C1=O)[C@H]1C[C@H]2CC[C@H]1C2. The van der Waals surface area contributed by atoms with Gasteiger partial charge in [-0.2, -0.15) is 8.78 Å². The van der Waals surface area contributed by atoms with E-state index < -0.39 is 24.1 Å². The molecule has 0 aromatic heterocycles. The second-order valence-electron chi connectivity index (χ2n) is 9.04. The van der Waals surface area contributed by atoms with Gasteiger partial charge < -0.3 is 15.4 Å². The van der Waals surface area contributed by atoms with E-state index in [1.54, 1.807) is 0 Å². The lowest BCUT2D eigenvalue weighted by Crippen LogP contribution is -2.47. The standard InChI is InChI=1S/C22H27F2N3O4/c1-12(17-10-13-3-4-14(17)9-13)25-18(28)11-27-19(29)22(2,26-21(27)30)15-5-7-16(8-6-15)31-20(23)24/h5-8,12-14,17,20H,3-4,9-11H2,1-2H3,(H,25,28)(H,26,30)/t12-,13-,14-,17+,22+/m0/s1. The van der Waals surface area contributed by atoms with Gasteiger partial charge in [-0.1, -0.05) is 18.6 Å². The summed E-state index contributed by atoms with van der Waals surface area (Å²) in [7, 11) is 0. The second-order valence-corrected chi connectivity index (χ2v) is 9.04. The number of rotatable bonds is 7. The van der Waals surface area contributed by atoms with Gasteiger partial charge in [0.15, 0.2) is 0 Å². The van der Waals surface area contributed by atoms with E-state index in [1.165, 1.54) is 50.5 Å². The largest absolute Gasteiger partial charge is 0.435 e. The molecular formula is C22H27F2N3O4.